The van der Waals surface area contributed by atoms with E-state index in [9.17, 15) is 4.79 Å². The highest BCUT2D eigenvalue weighted by atomic mass is 16.5. The number of rotatable bonds is 4. The number of nitrogens with one attached hydrogen (secondary N) is 1. The first-order valence-corrected chi connectivity index (χ1v) is 6.62. The highest BCUT2D eigenvalue weighted by Crippen LogP contribution is 2.23. The van der Waals surface area contributed by atoms with Crippen molar-refractivity contribution in [1.29, 1.82) is 0 Å². The number of aromatic nitrogens is 4. The molecule has 3 aromatic rings. The molecule has 0 unspecified atom stereocenters. The maximum atomic E-state index is 12.4. The van der Waals surface area contributed by atoms with Crippen molar-refractivity contribution in [2.45, 2.75) is 6.54 Å². The normalized spacial score (nSPS) is 10.4. The molecule has 3 rings (SSSR count). The maximum absolute atomic E-state index is 12.4. The third-order valence-electron chi connectivity index (χ3n) is 3.08. The van der Waals surface area contributed by atoms with Crippen LogP contribution in [-0.2, 0) is 6.54 Å². The lowest BCUT2D eigenvalue weighted by molar-refractivity contribution is 0.0735. The Hall–Kier alpha value is -3.06. The molecular weight excluding hydrogens is 282 g/mol. The molecule has 0 aliphatic heterocycles. The van der Waals surface area contributed by atoms with Crippen molar-refractivity contribution < 1.29 is 9.53 Å². The van der Waals surface area contributed by atoms with E-state index in [-0.39, 0.29) is 0 Å². The molecule has 0 saturated carbocycles. The minimum Gasteiger partial charge on any atom is -0.423 e. The second kappa shape index (κ2) is 6.15. The number of hydrogen-bond donors (Lipinski definition) is 2. The Morgan fingerprint density at radius 1 is 1.18 bits per heavy atom. The van der Waals surface area contributed by atoms with Crippen LogP contribution in [0.4, 0.5) is 0 Å². The first-order valence-electron chi connectivity index (χ1n) is 6.62. The summed E-state index contributed by atoms with van der Waals surface area (Å²) in [6.45, 7) is 0.346. The van der Waals surface area contributed by atoms with Gasteiger partial charge in [0, 0.05) is 12.1 Å². The predicted molar refractivity (Wildman–Crippen MR) is 78.9 cm³/mol. The van der Waals surface area contributed by atoms with Gasteiger partial charge in [-0.3, -0.25) is 0 Å². The first-order chi connectivity index (χ1) is 10.8. The van der Waals surface area contributed by atoms with Crippen molar-refractivity contribution in [2.24, 2.45) is 5.73 Å². The number of H-pyrrole nitrogens is 1. The number of carbonyl (C=O) groups excluding carboxylic acids is 1. The maximum Gasteiger partial charge on any atom is 0.344 e. The van der Waals surface area contributed by atoms with Crippen molar-refractivity contribution in [2.75, 3.05) is 0 Å². The van der Waals surface area contributed by atoms with Crippen LogP contribution < -0.4 is 10.5 Å². The Morgan fingerprint density at radius 3 is 2.68 bits per heavy atom. The number of esters is 1. The van der Waals surface area contributed by atoms with Crippen molar-refractivity contribution in [3.05, 3.63) is 59.7 Å². The molecule has 0 spiro atoms. The molecule has 0 aliphatic carbocycles. The van der Waals surface area contributed by atoms with Gasteiger partial charge in [-0.15, -0.1) is 10.2 Å². The number of para-hydroxylation sites is 1. The third-order valence-corrected chi connectivity index (χ3v) is 3.08. The molecule has 0 aliphatic rings. The molecule has 2 aromatic carbocycles. The van der Waals surface area contributed by atoms with Crippen molar-refractivity contribution in [1.82, 2.24) is 20.6 Å². The molecule has 1 aromatic heterocycles. The third kappa shape index (κ3) is 2.84. The number of nitrogens with zero attached hydrogens (tertiary/aromatic N) is 3. The van der Waals surface area contributed by atoms with E-state index in [1.54, 1.807) is 42.5 Å². The summed E-state index contributed by atoms with van der Waals surface area (Å²) in [4.78, 5) is 12.4. The lowest BCUT2D eigenvalue weighted by atomic mass is 10.0. The monoisotopic (exact) mass is 295 g/mol. The van der Waals surface area contributed by atoms with E-state index in [0.717, 1.165) is 5.56 Å². The van der Waals surface area contributed by atoms with Crippen molar-refractivity contribution in [3.63, 3.8) is 0 Å². The van der Waals surface area contributed by atoms with Gasteiger partial charge < -0.3 is 10.5 Å². The fraction of sp³-hybridized carbons (Fsp3) is 0.0667. The zero-order chi connectivity index (χ0) is 15.4. The quantitative estimate of drug-likeness (QED) is 0.558. The summed E-state index contributed by atoms with van der Waals surface area (Å²) in [6, 6.07) is 14.0. The van der Waals surface area contributed by atoms with Crippen LogP contribution in [0.15, 0.2) is 48.5 Å². The zero-order valence-corrected chi connectivity index (χ0v) is 11.6. The summed E-state index contributed by atoms with van der Waals surface area (Å²) in [5, 5.41) is 13.7. The van der Waals surface area contributed by atoms with E-state index in [0.29, 0.717) is 29.2 Å². The predicted octanol–water partition coefficient (Wildman–Crippen LogP) is 1.54. The average Bonchev–Trinajstić information content (AvgIpc) is 3.09. The molecule has 0 fully saturated rings. The number of tetrazole rings is 1. The van der Waals surface area contributed by atoms with Gasteiger partial charge in [0.05, 0.1) is 5.56 Å². The van der Waals surface area contributed by atoms with E-state index < -0.39 is 5.97 Å². The fourth-order valence-electron chi connectivity index (χ4n) is 2.01. The van der Waals surface area contributed by atoms with Crippen LogP contribution in [0.2, 0.25) is 0 Å². The zero-order valence-electron chi connectivity index (χ0n) is 11.6. The number of carbonyl (C=O) groups is 1. The van der Waals surface area contributed by atoms with Gasteiger partial charge in [0.1, 0.15) is 5.75 Å². The van der Waals surface area contributed by atoms with E-state index in [1.165, 1.54) is 0 Å². The summed E-state index contributed by atoms with van der Waals surface area (Å²) in [6.07, 6.45) is 0. The van der Waals surface area contributed by atoms with Gasteiger partial charge in [-0.25, -0.2) is 4.79 Å². The summed E-state index contributed by atoms with van der Waals surface area (Å²) < 4.78 is 5.36. The summed E-state index contributed by atoms with van der Waals surface area (Å²) in [7, 11) is 0. The minimum absolute atomic E-state index is 0.315. The molecule has 0 amide bonds. The van der Waals surface area contributed by atoms with Crippen LogP contribution in [0, 0.1) is 0 Å². The molecule has 0 saturated heterocycles. The minimum atomic E-state index is -0.491. The Labute approximate surface area is 126 Å². The van der Waals surface area contributed by atoms with Crippen LogP contribution in [0.1, 0.15) is 15.9 Å². The van der Waals surface area contributed by atoms with Crippen LogP contribution >= 0.6 is 0 Å². The van der Waals surface area contributed by atoms with Crippen LogP contribution in [0.5, 0.6) is 5.75 Å². The Kier molecular flexibility index (Phi) is 3.88. The van der Waals surface area contributed by atoms with Gasteiger partial charge >= 0.3 is 5.97 Å². The molecule has 7 nitrogen and oxygen atoms in total. The Balaban J connectivity index is 1.97. The second-order valence-corrected chi connectivity index (χ2v) is 4.52. The molecule has 0 atom stereocenters. The first kappa shape index (κ1) is 13.9. The van der Waals surface area contributed by atoms with Gasteiger partial charge in [-0.2, -0.15) is 5.21 Å². The van der Waals surface area contributed by atoms with Crippen LogP contribution in [0.3, 0.4) is 0 Å². The Bertz CT molecular complexity index is 772. The van der Waals surface area contributed by atoms with Crippen LogP contribution in [0.25, 0.3) is 11.4 Å². The summed E-state index contributed by atoms with van der Waals surface area (Å²) in [5.41, 5.74) is 7.37. The molecule has 3 N–H and O–H groups in total. The van der Waals surface area contributed by atoms with Gasteiger partial charge in [-0.05, 0) is 35.0 Å². The van der Waals surface area contributed by atoms with E-state index >= 15 is 0 Å². The largest absolute Gasteiger partial charge is 0.423 e. The molecule has 0 radical (unpaired) electrons. The number of aromatic amines is 1. The summed E-state index contributed by atoms with van der Waals surface area (Å²) >= 11 is 0. The van der Waals surface area contributed by atoms with Gasteiger partial charge in [0.2, 0.25) is 5.82 Å². The standard InChI is InChI=1S/C15H13N5O2/c16-9-10-6-7-12(13(8-10)14-17-19-20-18-14)15(21)22-11-4-2-1-3-5-11/h1-8H,9,16H2,(H,17,18,19,20). The smallest absolute Gasteiger partial charge is 0.344 e. The highest BCUT2D eigenvalue weighted by molar-refractivity contribution is 5.97. The lowest BCUT2D eigenvalue weighted by Gasteiger charge is -2.08. The van der Waals surface area contributed by atoms with E-state index in [2.05, 4.69) is 20.6 Å². The highest BCUT2D eigenvalue weighted by Gasteiger charge is 2.18. The van der Waals surface area contributed by atoms with Crippen LogP contribution in [-0.4, -0.2) is 26.6 Å². The molecule has 22 heavy (non-hydrogen) atoms. The molecule has 7 heteroatoms. The molecule has 0 bridgehead atoms. The van der Waals surface area contributed by atoms with Crippen molar-refractivity contribution >= 4 is 5.97 Å². The number of nitrogens with two attached hydrogens (primary N) is 1. The van der Waals surface area contributed by atoms with E-state index in [4.69, 9.17) is 10.5 Å². The fourth-order valence-corrected chi connectivity index (χ4v) is 2.01. The molecular formula is C15H13N5O2. The lowest BCUT2D eigenvalue weighted by Crippen LogP contribution is -2.11. The number of hydrogen-bond acceptors (Lipinski definition) is 6. The SMILES string of the molecule is NCc1ccc(C(=O)Oc2ccccc2)c(-c2nn[nH]n2)c1. The average molecular weight is 295 g/mol. The number of ether oxygens (including phenoxy) is 1. The van der Waals surface area contributed by atoms with Crippen molar-refractivity contribution in [3.8, 4) is 17.1 Å². The van der Waals surface area contributed by atoms with Gasteiger partial charge in [0.15, 0.2) is 0 Å². The van der Waals surface area contributed by atoms with Gasteiger partial charge in [-0.1, -0.05) is 24.3 Å². The van der Waals surface area contributed by atoms with Gasteiger partial charge in [0.25, 0.3) is 0 Å². The molecule has 110 valence electrons. The summed E-state index contributed by atoms with van der Waals surface area (Å²) in [5.74, 6) is 0.291. The molecule has 1 heterocycles. The topological polar surface area (TPSA) is 107 Å². The Morgan fingerprint density at radius 2 is 2.00 bits per heavy atom. The number of benzene rings is 2. The van der Waals surface area contributed by atoms with E-state index in [1.807, 2.05) is 6.07 Å². The second-order valence-electron chi connectivity index (χ2n) is 4.52.